The van der Waals surface area contributed by atoms with E-state index < -0.39 is 5.60 Å². The Balaban J connectivity index is 1.29. The second-order valence-corrected chi connectivity index (χ2v) is 9.31. The van der Waals surface area contributed by atoms with E-state index in [1.54, 1.807) is 6.20 Å². The van der Waals surface area contributed by atoms with Gasteiger partial charge in [-0.3, -0.25) is 0 Å². The van der Waals surface area contributed by atoms with Gasteiger partial charge in [-0.15, -0.1) is 0 Å². The van der Waals surface area contributed by atoms with Crippen LogP contribution in [0.25, 0.3) is 16.9 Å². The Morgan fingerprint density at radius 2 is 2.06 bits per heavy atom. The molecule has 1 fully saturated rings. The Morgan fingerprint density at radius 3 is 2.91 bits per heavy atom. The Bertz CT molecular complexity index is 1330. The fourth-order valence-electron chi connectivity index (χ4n) is 4.79. The van der Waals surface area contributed by atoms with Gasteiger partial charge in [-0.1, -0.05) is 0 Å². The number of benzene rings is 2. The summed E-state index contributed by atoms with van der Waals surface area (Å²) in [6, 6.07) is 14.4. The third kappa shape index (κ3) is 4.01. The monoisotopic (exact) mass is 456 g/mol. The van der Waals surface area contributed by atoms with Gasteiger partial charge >= 0.3 is 0 Å². The van der Waals surface area contributed by atoms with Gasteiger partial charge in [-0.05, 0) is 62.2 Å². The van der Waals surface area contributed by atoms with Crippen LogP contribution in [0.4, 0.5) is 22.9 Å². The number of ether oxygens (including phenoxy) is 1. The van der Waals surface area contributed by atoms with Crippen molar-refractivity contribution in [2.45, 2.75) is 25.4 Å². The maximum atomic E-state index is 10.4. The first-order valence-electron chi connectivity index (χ1n) is 11.7. The van der Waals surface area contributed by atoms with Crippen molar-refractivity contribution in [1.29, 1.82) is 0 Å². The summed E-state index contributed by atoms with van der Waals surface area (Å²) in [5.74, 6) is 1.56. The third-order valence-electron chi connectivity index (χ3n) is 6.49. The van der Waals surface area contributed by atoms with Crippen LogP contribution in [0.5, 0.6) is 5.75 Å². The number of piperidine rings is 1. The van der Waals surface area contributed by atoms with Crippen molar-refractivity contribution >= 4 is 28.5 Å². The molecule has 0 spiro atoms. The number of β-amino-alcohol motifs (C(OH)–C–C–N with tert-alkyl or cyclic N) is 1. The third-order valence-corrected chi connectivity index (χ3v) is 6.49. The first-order valence-corrected chi connectivity index (χ1v) is 11.7. The van der Waals surface area contributed by atoms with Crippen molar-refractivity contribution in [3.05, 3.63) is 61.1 Å². The fourth-order valence-corrected chi connectivity index (χ4v) is 4.79. The van der Waals surface area contributed by atoms with Gasteiger partial charge in [0.1, 0.15) is 12.4 Å². The summed E-state index contributed by atoms with van der Waals surface area (Å²) >= 11 is 0. The highest BCUT2D eigenvalue weighted by Crippen LogP contribution is 2.33. The van der Waals surface area contributed by atoms with E-state index in [9.17, 15) is 5.11 Å². The molecule has 6 rings (SSSR count). The van der Waals surface area contributed by atoms with E-state index in [2.05, 4.69) is 38.7 Å². The summed E-state index contributed by atoms with van der Waals surface area (Å²) in [5, 5.41) is 17.3. The molecule has 2 aliphatic rings. The number of fused-ring (bicyclic) bond motifs is 2. The number of anilines is 4. The van der Waals surface area contributed by atoms with E-state index in [-0.39, 0.29) is 0 Å². The molecule has 2 aliphatic heterocycles. The minimum Gasteiger partial charge on any atom is -0.490 e. The summed E-state index contributed by atoms with van der Waals surface area (Å²) in [5.41, 5.74) is 5.00. The van der Waals surface area contributed by atoms with Crippen LogP contribution < -0.4 is 20.3 Å². The van der Waals surface area contributed by atoms with Crippen LogP contribution in [0.2, 0.25) is 0 Å². The molecule has 174 valence electrons. The summed E-state index contributed by atoms with van der Waals surface area (Å²) in [7, 11) is 0. The Labute approximate surface area is 198 Å². The predicted molar refractivity (Wildman–Crippen MR) is 134 cm³/mol. The quantitative estimate of drug-likeness (QED) is 0.422. The zero-order valence-corrected chi connectivity index (χ0v) is 19.2. The smallest absolute Gasteiger partial charge is 0.180 e. The topological polar surface area (TPSA) is 87.0 Å². The average Bonchev–Trinajstić information content (AvgIpc) is 3.33. The number of aromatic nitrogens is 3. The molecular formula is C26H28N6O2. The van der Waals surface area contributed by atoms with Gasteiger partial charge in [-0.25, -0.2) is 9.97 Å². The van der Waals surface area contributed by atoms with Gasteiger partial charge in [0.05, 0.1) is 17.0 Å². The van der Waals surface area contributed by atoms with Crippen LogP contribution in [0.1, 0.15) is 19.8 Å². The lowest BCUT2D eigenvalue weighted by Crippen LogP contribution is -2.46. The van der Waals surface area contributed by atoms with Gasteiger partial charge in [0.15, 0.2) is 11.5 Å². The molecule has 2 aromatic heterocycles. The lowest BCUT2D eigenvalue weighted by molar-refractivity contribution is 0.0449. The molecule has 0 unspecified atom stereocenters. The minimum absolute atomic E-state index is 0.635. The standard InChI is InChI=1S/C26H28N6O2/c1-26(33)9-2-12-32(17-26)20-6-4-19(5-7-20)29-24-25-28-10-13-31(25)16-22(30-24)18-3-8-23-21(15-18)27-11-14-34-23/h3-8,10,13,15-16,27,33H,2,9,11-12,14,17H2,1H3,(H,29,30)/t26-/m0/s1. The van der Waals surface area contributed by atoms with Gasteiger partial charge in [0, 0.05) is 55.2 Å². The van der Waals surface area contributed by atoms with E-state index in [0.717, 1.165) is 65.6 Å². The zero-order chi connectivity index (χ0) is 23.1. The normalized spacial score (nSPS) is 19.9. The van der Waals surface area contributed by atoms with Crippen LogP contribution in [0, 0.1) is 0 Å². The largest absolute Gasteiger partial charge is 0.490 e. The molecule has 8 heteroatoms. The van der Waals surface area contributed by atoms with E-state index in [0.29, 0.717) is 19.0 Å². The van der Waals surface area contributed by atoms with Gasteiger partial charge < -0.3 is 29.8 Å². The summed E-state index contributed by atoms with van der Waals surface area (Å²) in [6.07, 6.45) is 7.53. The molecule has 0 aliphatic carbocycles. The predicted octanol–water partition coefficient (Wildman–Crippen LogP) is 4.30. The average molecular weight is 457 g/mol. The van der Waals surface area contributed by atoms with Crippen LogP contribution >= 0.6 is 0 Å². The van der Waals surface area contributed by atoms with Crippen molar-refractivity contribution in [3.63, 3.8) is 0 Å². The van der Waals surface area contributed by atoms with Crippen molar-refractivity contribution in [2.75, 3.05) is 41.8 Å². The molecule has 1 saturated heterocycles. The van der Waals surface area contributed by atoms with Crippen molar-refractivity contribution < 1.29 is 9.84 Å². The maximum Gasteiger partial charge on any atom is 0.180 e. The summed E-state index contributed by atoms with van der Waals surface area (Å²) in [6.45, 7) is 4.99. The van der Waals surface area contributed by atoms with Crippen LogP contribution in [-0.2, 0) is 0 Å². The fraction of sp³-hybridized carbons (Fsp3) is 0.308. The van der Waals surface area contributed by atoms with Crippen molar-refractivity contribution in [3.8, 4) is 17.0 Å². The maximum absolute atomic E-state index is 10.4. The van der Waals surface area contributed by atoms with E-state index in [1.807, 2.05) is 48.0 Å². The number of rotatable bonds is 4. The van der Waals surface area contributed by atoms with E-state index >= 15 is 0 Å². The molecule has 4 heterocycles. The summed E-state index contributed by atoms with van der Waals surface area (Å²) < 4.78 is 7.70. The SMILES string of the molecule is C[C@]1(O)CCCN(c2ccc(Nc3nc(-c4ccc5c(c4)NCCO5)cn4ccnc34)cc2)C1. The zero-order valence-electron chi connectivity index (χ0n) is 19.2. The molecule has 0 radical (unpaired) electrons. The Hall–Kier alpha value is -3.78. The molecule has 2 aromatic carbocycles. The van der Waals surface area contributed by atoms with E-state index in [1.165, 1.54) is 0 Å². The Morgan fingerprint density at radius 1 is 1.18 bits per heavy atom. The minimum atomic E-state index is -0.635. The van der Waals surface area contributed by atoms with Crippen LogP contribution in [0.15, 0.2) is 61.1 Å². The molecule has 3 N–H and O–H groups in total. The highest BCUT2D eigenvalue weighted by Gasteiger charge is 2.28. The van der Waals surface area contributed by atoms with Crippen molar-refractivity contribution in [1.82, 2.24) is 14.4 Å². The van der Waals surface area contributed by atoms with Crippen molar-refractivity contribution in [2.24, 2.45) is 0 Å². The summed E-state index contributed by atoms with van der Waals surface area (Å²) in [4.78, 5) is 11.7. The molecule has 0 bridgehead atoms. The number of hydrogen-bond donors (Lipinski definition) is 3. The molecule has 4 aromatic rings. The number of nitrogens with zero attached hydrogens (tertiary/aromatic N) is 4. The van der Waals surface area contributed by atoms with Crippen LogP contribution in [0.3, 0.4) is 0 Å². The van der Waals surface area contributed by atoms with Gasteiger partial charge in [0.2, 0.25) is 0 Å². The van der Waals surface area contributed by atoms with Gasteiger partial charge in [0.25, 0.3) is 0 Å². The second-order valence-electron chi connectivity index (χ2n) is 9.31. The number of aliphatic hydroxyl groups is 1. The lowest BCUT2D eigenvalue weighted by atomic mass is 9.95. The lowest BCUT2D eigenvalue weighted by Gasteiger charge is -2.38. The molecule has 0 saturated carbocycles. The first-order chi connectivity index (χ1) is 16.5. The highest BCUT2D eigenvalue weighted by molar-refractivity contribution is 5.76. The molecular weight excluding hydrogens is 428 g/mol. The van der Waals surface area contributed by atoms with Gasteiger partial charge in [-0.2, -0.15) is 0 Å². The number of nitrogens with one attached hydrogen (secondary N) is 2. The number of hydrogen-bond acceptors (Lipinski definition) is 7. The molecule has 8 nitrogen and oxygen atoms in total. The molecule has 0 amide bonds. The molecule has 1 atom stereocenters. The molecule has 34 heavy (non-hydrogen) atoms. The highest BCUT2D eigenvalue weighted by atomic mass is 16.5. The second kappa shape index (κ2) is 8.22. The first kappa shape index (κ1) is 20.8. The Kier molecular flexibility index (Phi) is 5.03. The van der Waals surface area contributed by atoms with Crippen LogP contribution in [-0.4, -0.2) is 51.3 Å². The number of imidazole rings is 1. The van der Waals surface area contributed by atoms with E-state index in [4.69, 9.17) is 9.72 Å².